The fraction of sp³-hybridized carbons (Fsp3) is 0.917. The van der Waals surface area contributed by atoms with Gasteiger partial charge in [-0.2, -0.15) is 5.26 Å². The van der Waals surface area contributed by atoms with Gasteiger partial charge in [-0.25, -0.2) is 0 Å². The zero-order chi connectivity index (χ0) is 12.5. The Labute approximate surface area is 121 Å². The molecular formula is C12H22N3OPb. The molecule has 0 spiro atoms. The number of nitriles is 1. The summed E-state index contributed by atoms with van der Waals surface area (Å²) in [6.45, 7) is 8.65. The van der Waals surface area contributed by atoms with E-state index in [4.69, 9.17) is 10.00 Å². The third-order valence-corrected chi connectivity index (χ3v) is 4.91. The van der Waals surface area contributed by atoms with E-state index in [0.717, 1.165) is 6.61 Å². The normalized spacial score (nSPS) is 26.1. The van der Waals surface area contributed by atoms with Crippen molar-refractivity contribution in [1.82, 2.24) is 9.80 Å². The first-order valence-corrected chi connectivity index (χ1v) is 9.06. The van der Waals surface area contributed by atoms with E-state index in [9.17, 15) is 0 Å². The SMILES string of the molecule is CC#N.[Pb][CH2]N1CCN(CC2CCCO2)CC1. The summed E-state index contributed by atoms with van der Waals surface area (Å²) in [5.74, 6) is 0. The van der Waals surface area contributed by atoms with Crippen LogP contribution in [0.2, 0.25) is 0 Å². The van der Waals surface area contributed by atoms with Gasteiger partial charge in [-0.15, -0.1) is 0 Å². The fourth-order valence-electron chi connectivity index (χ4n) is 2.21. The van der Waals surface area contributed by atoms with Gasteiger partial charge in [0, 0.05) is 6.92 Å². The Morgan fingerprint density at radius 1 is 1.29 bits per heavy atom. The summed E-state index contributed by atoms with van der Waals surface area (Å²) in [6.07, 6.45) is 3.09. The zero-order valence-electron chi connectivity index (χ0n) is 10.7. The van der Waals surface area contributed by atoms with Crippen molar-refractivity contribution in [2.75, 3.05) is 43.4 Å². The quantitative estimate of drug-likeness (QED) is 0.608. The predicted molar refractivity (Wildman–Crippen MR) is 68.9 cm³/mol. The van der Waals surface area contributed by atoms with Crippen LogP contribution in [0.4, 0.5) is 0 Å². The minimum absolute atomic E-state index is 0.539. The molecule has 2 fully saturated rings. The van der Waals surface area contributed by atoms with Crippen molar-refractivity contribution in [2.45, 2.75) is 25.9 Å². The van der Waals surface area contributed by atoms with Gasteiger partial charge in [0.25, 0.3) is 0 Å². The average molecular weight is 432 g/mol. The van der Waals surface area contributed by atoms with Gasteiger partial charge in [-0.3, -0.25) is 0 Å². The van der Waals surface area contributed by atoms with E-state index in [1.807, 2.05) is 0 Å². The molecule has 0 N–H and O–H groups in total. The summed E-state index contributed by atoms with van der Waals surface area (Å²) in [4.78, 5) is 5.15. The van der Waals surface area contributed by atoms with E-state index in [1.54, 1.807) is 6.07 Å². The molecule has 0 bridgehead atoms. The summed E-state index contributed by atoms with van der Waals surface area (Å²) in [7, 11) is 0. The van der Waals surface area contributed by atoms with Crippen LogP contribution in [0.1, 0.15) is 19.8 Å². The first kappa shape index (κ1) is 15.3. The van der Waals surface area contributed by atoms with E-state index < -0.39 is 0 Å². The maximum atomic E-state index is 7.32. The number of hydrogen-bond acceptors (Lipinski definition) is 4. The Bertz CT molecular complexity index is 230. The molecule has 0 aromatic heterocycles. The van der Waals surface area contributed by atoms with Crippen molar-refractivity contribution in [1.29, 1.82) is 5.26 Å². The average Bonchev–Trinajstić information content (AvgIpc) is 2.84. The van der Waals surface area contributed by atoms with Gasteiger partial charge in [-0.05, 0) is 0 Å². The monoisotopic (exact) mass is 432 g/mol. The Balaban J connectivity index is 0.000000437. The van der Waals surface area contributed by atoms with Crippen LogP contribution in [-0.2, 0) is 4.74 Å². The molecule has 3 radical (unpaired) electrons. The van der Waals surface area contributed by atoms with Gasteiger partial charge >= 0.3 is 103 Å². The molecule has 2 aliphatic heterocycles. The van der Waals surface area contributed by atoms with Gasteiger partial charge in [0.1, 0.15) is 0 Å². The number of piperazine rings is 1. The third kappa shape index (κ3) is 6.13. The maximum absolute atomic E-state index is 7.32. The van der Waals surface area contributed by atoms with E-state index in [0.29, 0.717) is 6.10 Å². The second-order valence-electron chi connectivity index (χ2n) is 4.44. The standard InChI is InChI=1S/C10H19N2O.C2H3N.Pb/c1-11-4-6-12(7-5-11)9-10-3-2-8-13-10;1-2-3;/h10H,1-9H2;1H3;. The molecular weight excluding hydrogens is 409 g/mol. The number of nitrogens with zero attached hydrogens (tertiary/aromatic N) is 3. The summed E-state index contributed by atoms with van der Waals surface area (Å²) >= 11 is 1.32. The molecule has 0 aromatic carbocycles. The van der Waals surface area contributed by atoms with Gasteiger partial charge in [0.2, 0.25) is 0 Å². The molecule has 5 heteroatoms. The van der Waals surface area contributed by atoms with Crippen molar-refractivity contribution in [3.05, 3.63) is 0 Å². The third-order valence-electron chi connectivity index (χ3n) is 3.17. The van der Waals surface area contributed by atoms with Crippen LogP contribution in [0.15, 0.2) is 0 Å². The molecule has 2 heterocycles. The number of rotatable bonds is 3. The molecule has 95 valence electrons. The zero-order valence-corrected chi connectivity index (χ0v) is 14.6. The fourth-order valence-corrected chi connectivity index (χ4v) is 3.44. The topological polar surface area (TPSA) is 39.5 Å². The van der Waals surface area contributed by atoms with Crippen LogP contribution in [0.3, 0.4) is 0 Å². The molecule has 1 atom stereocenters. The molecule has 0 aromatic rings. The summed E-state index contributed by atoms with van der Waals surface area (Å²) in [5.41, 5.74) is 0. The molecule has 1 unspecified atom stereocenters. The van der Waals surface area contributed by atoms with Crippen LogP contribution in [0, 0.1) is 11.3 Å². The molecule has 0 amide bonds. The molecule has 2 saturated heterocycles. The Morgan fingerprint density at radius 2 is 1.88 bits per heavy atom. The van der Waals surface area contributed by atoms with Crippen LogP contribution >= 0.6 is 0 Å². The second-order valence-corrected chi connectivity index (χ2v) is 5.66. The summed E-state index contributed by atoms with van der Waals surface area (Å²) < 4.78 is 7.00. The summed E-state index contributed by atoms with van der Waals surface area (Å²) in [5, 5.41) is 7.32. The predicted octanol–water partition coefficient (Wildman–Crippen LogP) is 0.439. The van der Waals surface area contributed by atoms with E-state index in [1.165, 1.54) is 82.4 Å². The molecule has 4 nitrogen and oxygen atoms in total. The first-order valence-electron chi connectivity index (χ1n) is 6.32. The van der Waals surface area contributed by atoms with Crippen LogP contribution < -0.4 is 0 Å². The first-order chi connectivity index (χ1) is 8.30. The van der Waals surface area contributed by atoms with Crippen molar-refractivity contribution >= 4 is 25.8 Å². The Morgan fingerprint density at radius 3 is 2.35 bits per heavy atom. The minimum atomic E-state index is 0.539. The Hall–Kier alpha value is 0.292. The molecule has 17 heavy (non-hydrogen) atoms. The van der Waals surface area contributed by atoms with Crippen LogP contribution in [-0.4, -0.2) is 85.1 Å². The van der Waals surface area contributed by atoms with Crippen LogP contribution in [0.25, 0.3) is 0 Å². The van der Waals surface area contributed by atoms with Crippen molar-refractivity contribution in [3.63, 3.8) is 0 Å². The van der Waals surface area contributed by atoms with Crippen molar-refractivity contribution in [3.8, 4) is 6.07 Å². The molecule has 0 aliphatic carbocycles. The van der Waals surface area contributed by atoms with Gasteiger partial charge in [0.05, 0.1) is 6.07 Å². The number of hydrogen-bond donors (Lipinski definition) is 0. The van der Waals surface area contributed by atoms with Crippen molar-refractivity contribution < 1.29 is 4.74 Å². The van der Waals surface area contributed by atoms with E-state index in [2.05, 4.69) is 9.80 Å². The van der Waals surface area contributed by atoms with Crippen molar-refractivity contribution in [2.24, 2.45) is 0 Å². The van der Waals surface area contributed by atoms with Gasteiger partial charge < -0.3 is 0 Å². The van der Waals surface area contributed by atoms with Crippen LogP contribution in [0.5, 0.6) is 0 Å². The molecule has 0 saturated carbocycles. The molecule has 2 aliphatic rings. The van der Waals surface area contributed by atoms with Gasteiger partial charge in [0.15, 0.2) is 0 Å². The van der Waals surface area contributed by atoms with Gasteiger partial charge in [-0.1, -0.05) is 0 Å². The Kier molecular flexibility index (Phi) is 8.35. The second kappa shape index (κ2) is 9.25. The number of ether oxygens (including phenoxy) is 1. The van der Waals surface area contributed by atoms with E-state index >= 15 is 0 Å². The molecule has 2 rings (SSSR count). The summed E-state index contributed by atoms with van der Waals surface area (Å²) in [6, 6.07) is 1.75. The van der Waals surface area contributed by atoms with E-state index in [-0.39, 0.29) is 0 Å².